The van der Waals surface area contributed by atoms with Crippen LogP contribution in [0.1, 0.15) is 24.6 Å². The molecule has 102 valence electrons. The van der Waals surface area contributed by atoms with E-state index >= 15 is 0 Å². The molecule has 0 aliphatic carbocycles. The van der Waals surface area contributed by atoms with Crippen LogP contribution < -0.4 is 4.72 Å². The largest absolute Gasteiger partial charge is 0.380 e. The summed E-state index contributed by atoms with van der Waals surface area (Å²) in [6, 6.07) is 1.65. The van der Waals surface area contributed by atoms with Crippen LogP contribution in [0.15, 0.2) is 14.7 Å². The van der Waals surface area contributed by atoms with Crippen molar-refractivity contribution in [3.05, 3.63) is 14.7 Å². The van der Waals surface area contributed by atoms with Crippen LogP contribution in [0.2, 0.25) is 0 Å². The molecule has 1 aromatic rings. The first-order valence-corrected chi connectivity index (χ1v) is 8.79. The van der Waals surface area contributed by atoms with Gasteiger partial charge in [-0.05, 0) is 48.7 Å². The molecule has 1 fully saturated rings. The van der Waals surface area contributed by atoms with Gasteiger partial charge in [-0.3, -0.25) is 0 Å². The van der Waals surface area contributed by atoms with Gasteiger partial charge in [-0.1, -0.05) is 0 Å². The molecule has 2 rings (SSSR count). The van der Waals surface area contributed by atoms with E-state index in [2.05, 4.69) is 20.7 Å². The first-order valence-electron chi connectivity index (χ1n) is 5.70. The summed E-state index contributed by atoms with van der Waals surface area (Å²) in [5.74, 6) is 0. The second-order valence-electron chi connectivity index (χ2n) is 4.79. The number of halogens is 1. The molecule has 4 nitrogen and oxygen atoms in total. The number of hydrogen-bond donors (Lipinski definition) is 1. The van der Waals surface area contributed by atoms with Crippen molar-refractivity contribution in [2.75, 3.05) is 13.2 Å². The third kappa shape index (κ3) is 3.14. The summed E-state index contributed by atoms with van der Waals surface area (Å²) < 4.78 is 33.7. The molecule has 0 aromatic carbocycles. The van der Waals surface area contributed by atoms with E-state index in [0.717, 1.165) is 21.5 Å². The van der Waals surface area contributed by atoms with Crippen molar-refractivity contribution in [2.24, 2.45) is 0 Å². The zero-order chi connectivity index (χ0) is 13.4. The number of hydrogen-bond acceptors (Lipinski definition) is 4. The summed E-state index contributed by atoms with van der Waals surface area (Å²) in [5.41, 5.74) is -0.502. The van der Waals surface area contributed by atoms with Gasteiger partial charge in [-0.25, -0.2) is 13.1 Å². The minimum absolute atomic E-state index is 0.353. The van der Waals surface area contributed by atoms with E-state index in [1.165, 1.54) is 11.3 Å². The Kier molecular flexibility index (Phi) is 4.18. The molecule has 7 heteroatoms. The Hall–Kier alpha value is 0.0500. The summed E-state index contributed by atoms with van der Waals surface area (Å²) in [7, 11) is -3.48. The maximum absolute atomic E-state index is 12.4. The zero-order valence-corrected chi connectivity index (χ0v) is 13.5. The van der Waals surface area contributed by atoms with Gasteiger partial charge in [0.2, 0.25) is 10.0 Å². The molecule has 1 aromatic heterocycles. The molecule has 0 bridgehead atoms. The van der Waals surface area contributed by atoms with Crippen LogP contribution in [0.3, 0.4) is 0 Å². The van der Waals surface area contributed by atoms with Crippen molar-refractivity contribution in [3.63, 3.8) is 0 Å². The molecule has 0 radical (unpaired) electrons. The van der Waals surface area contributed by atoms with E-state index < -0.39 is 15.6 Å². The maximum atomic E-state index is 12.4. The highest BCUT2D eigenvalue weighted by Gasteiger charge is 2.33. The van der Waals surface area contributed by atoms with E-state index in [1.807, 2.05) is 13.8 Å². The summed E-state index contributed by atoms with van der Waals surface area (Å²) >= 11 is 4.74. The molecule has 0 spiro atoms. The molecule has 18 heavy (non-hydrogen) atoms. The molecule has 2 heterocycles. The fourth-order valence-corrected chi connectivity index (χ4v) is 5.93. The SMILES string of the molecule is Cc1sc(Br)cc1S(=O)(=O)NC1(C)CCCOC1. The number of nitrogens with one attached hydrogen (secondary N) is 1. The number of rotatable bonds is 3. The van der Waals surface area contributed by atoms with Gasteiger partial charge in [-0.15, -0.1) is 11.3 Å². The van der Waals surface area contributed by atoms with Crippen molar-refractivity contribution in [3.8, 4) is 0 Å². The summed E-state index contributed by atoms with van der Waals surface area (Å²) in [5, 5.41) is 0. The van der Waals surface area contributed by atoms with Crippen LogP contribution in [-0.2, 0) is 14.8 Å². The summed E-state index contributed by atoms with van der Waals surface area (Å²) in [6.07, 6.45) is 1.68. The fraction of sp³-hybridized carbons (Fsp3) is 0.636. The Morgan fingerprint density at radius 3 is 2.78 bits per heavy atom. The monoisotopic (exact) mass is 353 g/mol. The molecule has 1 atom stereocenters. The Bertz CT molecular complexity index is 532. The lowest BCUT2D eigenvalue weighted by atomic mass is 9.97. The second kappa shape index (κ2) is 5.20. The standard InChI is InChI=1S/C11H16BrNO3S2/c1-8-9(6-10(12)17-8)18(14,15)13-11(2)4-3-5-16-7-11/h6,13H,3-5,7H2,1-2H3. The third-order valence-electron chi connectivity index (χ3n) is 2.95. The molecule has 1 N–H and O–H groups in total. The van der Waals surface area contributed by atoms with Crippen LogP contribution in [0, 0.1) is 6.92 Å². The number of thiophene rings is 1. The minimum atomic E-state index is -3.48. The summed E-state index contributed by atoms with van der Waals surface area (Å²) in [6.45, 7) is 4.83. The van der Waals surface area contributed by atoms with Crippen molar-refractivity contribution in [1.82, 2.24) is 4.72 Å². The van der Waals surface area contributed by atoms with E-state index in [-0.39, 0.29) is 0 Å². The average molecular weight is 354 g/mol. The van der Waals surface area contributed by atoms with E-state index in [0.29, 0.717) is 18.1 Å². The topological polar surface area (TPSA) is 55.4 Å². The van der Waals surface area contributed by atoms with Gasteiger partial charge in [0, 0.05) is 11.5 Å². The molecule has 1 saturated heterocycles. The second-order valence-corrected chi connectivity index (χ2v) is 9.08. The van der Waals surface area contributed by atoms with Crippen LogP contribution in [0.5, 0.6) is 0 Å². The van der Waals surface area contributed by atoms with Crippen LogP contribution >= 0.6 is 27.3 Å². The smallest absolute Gasteiger partial charge is 0.242 e. The van der Waals surface area contributed by atoms with Crippen molar-refractivity contribution in [1.29, 1.82) is 0 Å². The Morgan fingerprint density at radius 1 is 1.56 bits per heavy atom. The van der Waals surface area contributed by atoms with Gasteiger partial charge in [0.05, 0.1) is 20.8 Å². The van der Waals surface area contributed by atoms with Crippen LogP contribution in [0.4, 0.5) is 0 Å². The lowest BCUT2D eigenvalue weighted by molar-refractivity contribution is 0.0386. The molecule has 1 aliphatic heterocycles. The first kappa shape index (κ1) is 14.5. The fourth-order valence-electron chi connectivity index (χ4n) is 2.09. The Balaban J connectivity index is 2.24. The molecule has 1 aliphatic rings. The van der Waals surface area contributed by atoms with E-state index in [9.17, 15) is 8.42 Å². The first-order chi connectivity index (χ1) is 8.32. The molecule has 0 amide bonds. The normalized spacial score (nSPS) is 25.3. The van der Waals surface area contributed by atoms with Crippen LogP contribution in [-0.4, -0.2) is 27.2 Å². The van der Waals surface area contributed by atoms with Gasteiger partial charge < -0.3 is 4.74 Å². The average Bonchev–Trinajstić information content (AvgIpc) is 2.58. The Labute approximate surface area is 120 Å². The van der Waals surface area contributed by atoms with Crippen LogP contribution in [0.25, 0.3) is 0 Å². The lowest BCUT2D eigenvalue weighted by Crippen LogP contribution is -2.51. The van der Waals surface area contributed by atoms with Gasteiger partial charge in [0.25, 0.3) is 0 Å². The number of aryl methyl sites for hydroxylation is 1. The maximum Gasteiger partial charge on any atom is 0.242 e. The van der Waals surface area contributed by atoms with Crippen molar-refractivity contribution in [2.45, 2.75) is 37.1 Å². The number of sulfonamides is 1. The van der Waals surface area contributed by atoms with Gasteiger partial charge in [-0.2, -0.15) is 0 Å². The molecular weight excluding hydrogens is 338 g/mol. The lowest BCUT2D eigenvalue weighted by Gasteiger charge is -2.33. The highest BCUT2D eigenvalue weighted by Crippen LogP contribution is 2.31. The van der Waals surface area contributed by atoms with Gasteiger partial charge in [0.1, 0.15) is 0 Å². The Morgan fingerprint density at radius 2 is 2.28 bits per heavy atom. The highest BCUT2D eigenvalue weighted by molar-refractivity contribution is 9.11. The van der Waals surface area contributed by atoms with Gasteiger partial charge in [0.15, 0.2) is 0 Å². The van der Waals surface area contributed by atoms with E-state index in [4.69, 9.17) is 4.74 Å². The third-order valence-corrected chi connectivity index (χ3v) is 6.40. The predicted octanol–water partition coefficient (Wildman–Crippen LogP) is 2.67. The molecular formula is C11H16BrNO3S2. The van der Waals surface area contributed by atoms with Crippen molar-refractivity contribution < 1.29 is 13.2 Å². The van der Waals surface area contributed by atoms with Gasteiger partial charge >= 0.3 is 0 Å². The predicted molar refractivity (Wildman–Crippen MR) is 75.5 cm³/mol. The van der Waals surface area contributed by atoms with E-state index in [1.54, 1.807) is 6.07 Å². The molecule has 1 unspecified atom stereocenters. The zero-order valence-electron chi connectivity index (χ0n) is 10.3. The van der Waals surface area contributed by atoms with Crippen molar-refractivity contribution >= 4 is 37.3 Å². The summed E-state index contributed by atoms with van der Waals surface area (Å²) in [4.78, 5) is 1.14. The highest BCUT2D eigenvalue weighted by atomic mass is 79.9. The minimum Gasteiger partial charge on any atom is -0.380 e. The quantitative estimate of drug-likeness (QED) is 0.908. The number of ether oxygens (including phenoxy) is 1. The molecule has 0 saturated carbocycles.